The number of benzene rings is 1. The van der Waals surface area contributed by atoms with E-state index in [9.17, 15) is 8.42 Å². The Morgan fingerprint density at radius 2 is 1.73 bits per heavy atom. The maximum absolute atomic E-state index is 11.3. The number of nitrogens with one attached hydrogen (secondary N) is 2. The number of rotatable bonds is 11. The van der Waals surface area contributed by atoms with E-state index in [2.05, 4.69) is 36.4 Å². The van der Waals surface area contributed by atoms with Gasteiger partial charge in [0.15, 0.2) is 15.8 Å². The van der Waals surface area contributed by atoms with Gasteiger partial charge in [0.05, 0.1) is 12.3 Å². The minimum absolute atomic E-state index is 0.0797. The number of guanidine groups is 1. The van der Waals surface area contributed by atoms with E-state index in [1.165, 1.54) is 31.9 Å². The summed E-state index contributed by atoms with van der Waals surface area (Å²) in [5.41, 5.74) is 1.88. The second-order valence-corrected chi connectivity index (χ2v) is 9.12. The Morgan fingerprint density at radius 1 is 1.08 bits per heavy atom. The average Bonchev–Trinajstić information content (AvgIpc) is 2.57. The highest BCUT2D eigenvalue weighted by molar-refractivity contribution is 7.89. The third-order valence-electron chi connectivity index (χ3n) is 4.09. The molecule has 0 amide bonds. The fraction of sp³-hybridized carbons (Fsp3) is 0.650. The molecular formula is C20H35N3O2S. The van der Waals surface area contributed by atoms with Crippen LogP contribution in [0.3, 0.4) is 0 Å². The van der Waals surface area contributed by atoms with Crippen molar-refractivity contribution < 1.29 is 8.42 Å². The Hall–Kier alpha value is -1.56. The molecule has 0 radical (unpaired) electrons. The quantitative estimate of drug-likeness (QED) is 0.349. The van der Waals surface area contributed by atoms with Gasteiger partial charge in [-0.05, 0) is 31.4 Å². The lowest BCUT2D eigenvalue weighted by atomic mass is 10.1. The zero-order valence-electron chi connectivity index (χ0n) is 16.7. The van der Waals surface area contributed by atoms with E-state index >= 15 is 0 Å². The lowest BCUT2D eigenvalue weighted by Crippen LogP contribution is -2.42. The van der Waals surface area contributed by atoms with Crippen molar-refractivity contribution >= 4 is 15.8 Å². The number of aliphatic imine (C=N–C) groups is 1. The molecule has 2 N–H and O–H groups in total. The Labute approximate surface area is 159 Å². The van der Waals surface area contributed by atoms with Crippen LogP contribution < -0.4 is 10.6 Å². The molecule has 0 bridgehead atoms. The molecule has 26 heavy (non-hydrogen) atoms. The number of hydrogen-bond acceptors (Lipinski definition) is 3. The van der Waals surface area contributed by atoms with Crippen LogP contribution in [0.5, 0.6) is 0 Å². The molecule has 0 spiro atoms. The maximum Gasteiger partial charge on any atom is 0.191 e. The van der Waals surface area contributed by atoms with Crippen molar-refractivity contribution in [3.05, 3.63) is 35.4 Å². The van der Waals surface area contributed by atoms with Gasteiger partial charge in [-0.1, -0.05) is 56.9 Å². The molecule has 1 atom stereocenters. The molecule has 1 aromatic rings. The lowest BCUT2D eigenvalue weighted by molar-refractivity contribution is 0.537. The molecule has 0 saturated carbocycles. The third kappa shape index (κ3) is 10.4. The number of unbranched alkanes of at least 4 members (excludes halogenated alkanes) is 3. The Bertz CT molecular complexity index is 640. The van der Waals surface area contributed by atoms with Crippen molar-refractivity contribution in [2.45, 2.75) is 71.2 Å². The molecule has 0 aromatic heterocycles. The fourth-order valence-electron chi connectivity index (χ4n) is 2.72. The van der Waals surface area contributed by atoms with Crippen LogP contribution in [0.25, 0.3) is 0 Å². The first-order valence-electron chi connectivity index (χ1n) is 9.64. The molecular weight excluding hydrogens is 346 g/mol. The van der Waals surface area contributed by atoms with Gasteiger partial charge >= 0.3 is 0 Å². The molecule has 1 unspecified atom stereocenters. The largest absolute Gasteiger partial charge is 0.357 e. The highest BCUT2D eigenvalue weighted by Gasteiger charge is 2.06. The third-order valence-corrected chi connectivity index (χ3v) is 4.95. The summed E-state index contributed by atoms with van der Waals surface area (Å²) in [6.45, 7) is 7.87. The van der Waals surface area contributed by atoms with E-state index in [1.54, 1.807) is 0 Å². The van der Waals surface area contributed by atoms with Gasteiger partial charge in [-0.15, -0.1) is 0 Å². The van der Waals surface area contributed by atoms with Crippen molar-refractivity contribution in [1.29, 1.82) is 0 Å². The number of sulfone groups is 1. The summed E-state index contributed by atoms with van der Waals surface area (Å²) in [7, 11) is -3.00. The van der Waals surface area contributed by atoms with Crippen LogP contribution in [0.1, 0.15) is 64.0 Å². The molecule has 1 rings (SSSR count). The van der Waals surface area contributed by atoms with Crippen molar-refractivity contribution in [1.82, 2.24) is 10.6 Å². The van der Waals surface area contributed by atoms with Gasteiger partial charge < -0.3 is 10.6 Å². The van der Waals surface area contributed by atoms with Gasteiger partial charge in [-0.25, -0.2) is 13.4 Å². The monoisotopic (exact) mass is 381 g/mol. The normalized spacial score (nSPS) is 13.5. The zero-order chi connectivity index (χ0) is 19.4. The van der Waals surface area contributed by atoms with Crippen LogP contribution in [0, 0.1) is 0 Å². The second-order valence-electron chi connectivity index (χ2n) is 6.98. The van der Waals surface area contributed by atoms with Crippen molar-refractivity contribution in [2.75, 3.05) is 12.8 Å². The molecule has 0 aliphatic rings. The predicted octanol–water partition coefficient (Wildman–Crippen LogP) is 3.65. The zero-order valence-corrected chi connectivity index (χ0v) is 17.5. The van der Waals surface area contributed by atoms with Crippen LogP contribution in [0.2, 0.25) is 0 Å². The summed E-state index contributed by atoms with van der Waals surface area (Å²) in [5, 5.41) is 6.75. The van der Waals surface area contributed by atoms with Gasteiger partial charge in [0, 0.05) is 18.8 Å². The van der Waals surface area contributed by atoms with Gasteiger partial charge in [0.25, 0.3) is 0 Å². The smallest absolute Gasteiger partial charge is 0.191 e. The summed E-state index contributed by atoms with van der Waals surface area (Å²) < 4.78 is 22.7. The number of nitrogens with zero attached hydrogens (tertiary/aromatic N) is 1. The molecule has 0 saturated heterocycles. The van der Waals surface area contributed by atoms with Gasteiger partial charge in [-0.2, -0.15) is 0 Å². The van der Waals surface area contributed by atoms with Gasteiger partial charge in [0.1, 0.15) is 0 Å². The first-order chi connectivity index (χ1) is 12.3. The summed E-state index contributed by atoms with van der Waals surface area (Å²) in [5.74, 6) is 0.909. The molecule has 148 valence electrons. The van der Waals surface area contributed by atoms with Crippen LogP contribution in [0.4, 0.5) is 0 Å². The second kappa shape index (κ2) is 11.9. The van der Waals surface area contributed by atoms with Crippen molar-refractivity contribution in [3.8, 4) is 0 Å². The minimum Gasteiger partial charge on any atom is -0.357 e. The molecule has 0 aliphatic carbocycles. The van der Waals surface area contributed by atoms with Crippen LogP contribution in [-0.4, -0.2) is 33.2 Å². The Balaban J connectivity index is 2.57. The lowest BCUT2D eigenvalue weighted by Gasteiger charge is -2.17. The molecule has 0 fully saturated rings. The Kier molecular flexibility index (Phi) is 10.3. The molecule has 1 aromatic carbocycles. The van der Waals surface area contributed by atoms with Gasteiger partial charge in [-0.3, -0.25) is 0 Å². The number of hydrogen-bond donors (Lipinski definition) is 2. The highest BCUT2D eigenvalue weighted by Crippen LogP contribution is 2.09. The summed E-state index contributed by atoms with van der Waals surface area (Å²) >= 11 is 0. The summed E-state index contributed by atoms with van der Waals surface area (Å²) in [6.07, 6.45) is 7.48. The van der Waals surface area contributed by atoms with Crippen molar-refractivity contribution in [2.24, 2.45) is 4.99 Å². The van der Waals surface area contributed by atoms with E-state index in [-0.39, 0.29) is 5.75 Å². The van der Waals surface area contributed by atoms with Crippen LogP contribution in [0.15, 0.2) is 29.3 Å². The topological polar surface area (TPSA) is 70.6 Å². The van der Waals surface area contributed by atoms with E-state index in [0.29, 0.717) is 12.6 Å². The Morgan fingerprint density at radius 3 is 2.31 bits per heavy atom. The predicted molar refractivity (Wildman–Crippen MR) is 111 cm³/mol. The maximum atomic E-state index is 11.3. The summed E-state index contributed by atoms with van der Waals surface area (Å²) in [4.78, 5) is 4.65. The fourth-order valence-corrected chi connectivity index (χ4v) is 3.51. The molecule has 6 heteroatoms. The first-order valence-corrected chi connectivity index (χ1v) is 11.7. The standard InChI is InChI=1S/C20H35N3O2S/c1-5-7-8-9-10-17(3)23-20(21-6-2)22-15-18-11-13-19(14-12-18)16-26(4,24)25/h11-14,17H,5-10,15-16H2,1-4H3,(H2,21,22,23). The molecule has 0 heterocycles. The van der Waals surface area contributed by atoms with Crippen LogP contribution in [-0.2, 0) is 22.1 Å². The first kappa shape index (κ1) is 22.5. The van der Waals surface area contributed by atoms with E-state index in [1.807, 2.05) is 24.3 Å². The summed E-state index contributed by atoms with van der Waals surface area (Å²) in [6, 6.07) is 8.01. The SMILES string of the molecule is CCCCCCC(C)NC(=NCc1ccc(CS(C)(=O)=O)cc1)NCC. The molecule has 5 nitrogen and oxygen atoms in total. The van der Waals surface area contributed by atoms with E-state index < -0.39 is 9.84 Å². The molecule has 0 aliphatic heterocycles. The van der Waals surface area contributed by atoms with Gasteiger partial charge in [0.2, 0.25) is 0 Å². The van der Waals surface area contributed by atoms with Crippen molar-refractivity contribution in [3.63, 3.8) is 0 Å². The average molecular weight is 382 g/mol. The van der Waals surface area contributed by atoms with Crippen LogP contribution >= 0.6 is 0 Å². The highest BCUT2D eigenvalue weighted by atomic mass is 32.2. The van der Waals surface area contributed by atoms with E-state index in [4.69, 9.17) is 0 Å². The minimum atomic E-state index is -3.00. The van der Waals surface area contributed by atoms with E-state index in [0.717, 1.165) is 30.1 Å².